The number of carbonyl (C=O) groups is 1. The van der Waals surface area contributed by atoms with E-state index in [9.17, 15) is 4.79 Å². The van der Waals surface area contributed by atoms with Gasteiger partial charge in [-0.25, -0.2) is 0 Å². The molecule has 1 heterocycles. The minimum absolute atomic E-state index is 0.111. The molecule has 3 nitrogen and oxygen atoms in total. The van der Waals surface area contributed by atoms with Gasteiger partial charge in [0.25, 0.3) is 0 Å². The Balaban J connectivity index is 2.50. The zero-order chi connectivity index (χ0) is 10.1. The van der Waals surface area contributed by atoms with E-state index in [4.69, 9.17) is 0 Å². The summed E-state index contributed by atoms with van der Waals surface area (Å²) in [6.45, 7) is 9.25. The Morgan fingerprint density at radius 2 is 1.77 bits per heavy atom. The van der Waals surface area contributed by atoms with Crippen molar-refractivity contribution in [1.82, 2.24) is 4.90 Å². The van der Waals surface area contributed by atoms with E-state index >= 15 is 0 Å². The first kappa shape index (κ1) is 10.3. The fourth-order valence-electron chi connectivity index (χ4n) is 1.48. The average molecular weight is 183 g/mol. The number of likely N-dealkylation sites (N-methyl/N-ethyl adjacent to an activating group) is 1. The molecule has 13 heavy (non-hydrogen) atoms. The van der Waals surface area contributed by atoms with Crippen LogP contribution in [-0.4, -0.2) is 55.6 Å². The Morgan fingerprint density at radius 1 is 1.31 bits per heavy atom. The van der Waals surface area contributed by atoms with E-state index in [0.717, 1.165) is 30.7 Å². The van der Waals surface area contributed by atoms with Gasteiger partial charge in [-0.3, -0.25) is 4.79 Å². The van der Waals surface area contributed by atoms with Crippen LogP contribution in [0.4, 0.5) is 0 Å². The van der Waals surface area contributed by atoms with Gasteiger partial charge in [0.2, 0.25) is 5.91 Å². The molecule has 1 aliphatic heterocycles. The molecule has 1 rings (SSSR count). The van der Waals surface area contributed by atoms with Crippen LogP contribution >= 0.6 is 0 Å². The number of rotatable bonds is 1. The zero-order valence-electron chi connectivity index (χ0n) is 8.84. The minimum atomic E-state index is 0.111. The van der Waals surface area contributed by atoms with Gasteiger partial charge in [0.1, 0.15) is 0 Å². The summed E-state index contributed by atoms with van der Waals surface area (Å²) >= 11 is 0. The molecule has 0 atom stereocenters. The van der Waals surface area contributed by atoms with Gasteiger partial charge >= 0.3 is 0 Å². The molecule has 0 N–H and O–H groups in total. The van der Waals surface area contributed by atoms with Crippen LogP contribution in [0.2, 0.25) is 0 Å². The first-order valence-corrected chi connectivity index (χ1v) is 4.69. The van der Waals surface area contributed by atoms with Gasteiger partial charge in [0.05, 0.1) is 40.3 Å². The molecule has 1 fully saturated rings. The van der Waals surface area contributed by atoms with Crippen molar-refractivity contribution >= 4 is 5.91 Å². The maximum atomic E-state index is 11.5. The van der Waals surface area contributed by atoms with Gasteiger partial charge in [-0.2, -0.15) is 0 Å². The van der Waals surface area contributed by atoms with E-state index < -0.39 is 0 Å². The van der Waals surface area contributed by atoms with E-state index in [2.05, 4.69) is 20.7 Å². The van der Waals surface area contributed by atoms with Gasteiger partial charge in [-0.05, 0) is 6.92 Å². The van der Waals surface area contributed by atoms with E-state index in [0.29, 0.717) is 5.57 Å². The lowest BCUT2D eigenvalue weighted by molar-refractivity contribution is -0.894. The van der Waals surface area contributed by atoms with Crippen LogP contribution in [0.1, 0.15) is 6.92 Å². The lowest BCUT2D eigenvalue weighted by atomic mass is 10.2. The normalized spacial score (nSPS) is 21.3. The molecule has 0 spiro atoms. The Hall–Kier alpha value is -0.830. The highest BCUT2D eigenvalue weighted by atomic mass is 16.2. The van der Waals surface area contributed by atoms with Crippen LogP contribution in [-0.2, 0) is 4.79 Å². The number of nitrogens with zero attached hydrogens (tertiary/aromatic N) is 2. The van der Waals surface area contributed by atoms with Crippen molar-refractivity contribution in [3.8, 4) is 0 Å². The van der Waals surface area contributed by atoms with Gasteiger partial charge in [-0.15, -0.1) is 0 Å². The Kier molecular flexibility index (Phi) is 2.76. The molecular weight excluding hydrogens is 164 g/mol. The first-order valence-electron chi connectivity index (χ1n) is 4.69. The predicted octanol–water partition coefficient (Wildman–Crippen LogP) is 0.481. The third kappa shape index (κ3) is 2.56. The van der Waals surface area contributed by atoms with E-state index in [-0.39, 0.29) is 5.91 Å². The summed E-state index contributed by atoms with van der Waals surface area (Å²) in [5.74, 6) is 0.111. The zero-order valence-corrected chi connectivity index (χ0v) is 8.84. The molecule has 0 aliphatic carbocycles. The summed E-state index contributed by atoms with van der Waals surface area (Å²) in [6, 6.07) is 0. The van der Waals surface area contributed by atoms with Crippen LogP contribution in [0.25, 0.3) is 0 Å². The summed E-state index contributed by atoms with van der Waals surface area (Å²) in [6.07, 6.45) is 0. The fourth-order valence-corrected chi connectivity index (χ4v) is 1.48. The van der Waals surface area contributed by atoms with Crippen molar-refractivity contribution in [2.45, 2.75) is 6.92 Å². The number of carbonyl (C=O) groups excluding carboxylic acids is 1. The lowest BCUT2D eigenvalue weighted by Gasteiger charge is -2.39. The second-order valence-electron chi connectivity index (χ2n) is 4.46. The standard InChI is InChI=1S/C10H19N2O/c1-9(2)10(13)11-5-7-12(3,4)8-6-11/h1,5-8H2,2-4H3/q+1. The molecule has 74 valence electrons. The summed E-state index contributed by atoms with van der Waals surface area (Å²) < 4.78 is 1.01. The third-order valence-electron chi connectivity index (χ3n) is 2.60. The van der Waals surface area contributed by atoms with Crippen molar-refractivity contribution in [1.29, 1.82) is 0 Å². The van der Waals surface area contributed by atoms with Crippen molar-refractivity contribution < 1.29 is 9.28 Å². The number of hydrogen-bond acceptors (Lipinski definition) is 1. The van der Waals surface area contributed by atoms with E-state index in [1.807, 2.05) is 4.90 Å². The van der Waals surface area contributed by atoms with Crippen LogP contribution in [0.5, 0.6) is 0 Å². The molecule has 0 aromatic heterocycles. The molecule has 0 bridgehead atoms. The SMILES string of the molecule is C=C(C)C(=O)N1CC[N+](C)(C)CC1. The first-order chi connectivity index (χ1) is 5.92. The number of quaternary nitrogens is 1. The molecule has 1 saturated heterocycles. The van der Waals surface area contributed by atoms with Crippen molar-refractivity contribution in [3.63, 3.8) is 0 Å². The summed E-state index contributed by atoms with van der Waals surface area (Å²) in [7, 11) is 4.39. The largest absolute Gasteiger partial charge is 0.328 e. The highest BCUT2D eigenvalue weighted by Gasteiger charge is 2.26. The summed E-state index contributed by atoms with van der Waals surface area (Å²) in [4.78, 5) is 13.4. The van der Waals surface area contributed by atoms with Gasteiger partial charge in [-0.1, -0.05) is 6.58 Å². The van der Waals surface area contributed by atoms with Crippen molar-refractivity contribution in [2.24, 2.45) is 0 Å². The smallest absolute Gasteiger partial charge is 0.249 e. The van der Waals surface area contributed by atoms with Crippen LogP contribution in [0, 0.1) is 0 Å². The Labute approximate surface area is 80.2 Å². The minimum Gasteiger partial charge on any atom is -0.328 e. The Morgan fingerprint density at radius 3 is 2.15 bits per heavy atom. The number of amides is 1. The highest BCUT2D eigenvalue weighted by molar-refractivity contribution is 5.92. The molecule has 1 aliphatic rings. The number of hydrogen-bond donors (Lipinski definition) is 0. The maximum absolute atomic E-state index is 11.5. The molecule has 3 heteroatoms. The maximum Gasteiger partial charge on any atom is 0.249 e. The third-order valence-corrected chi connectivity index (χ3v) is 2.60. The molecule has 0 unspecified atom stereocenters. The lowest BCUT2D eigenvalue weighted by Crippen LogP contribution is -2.56. The van der Waals surface area contributed by atoms with Crippen LogP contribution < -0.4 is 0 Å². The molecule has 0 aromatic carbocycles. The second kappa shape index (κ2) is 3.50. The van der Waals surface area contributed by atoms with Crippen molar-refractivity contribution in [2.75, 3.05) is 40.3 Å². The molecule has 1 amide bonds. The van der Waals surface area contributed by atoms with Crippen LogP contribution in [0.15, 0.2) is 12.2 Å². The predicted molar refractivity (Wildman–Crippen MR) is 53.2 cm³/mol. The highest BCUT2D eigenvalue weighted by Crippen LogP contribution is 2.08. The van der Waals surface area contributed by atoms with Crippen molar-refractivity contribution in [3.05, 3.63) is 12.2 Å². The van der Waals surface area contributed by atoms with Gasteiger partial charge in [0.15, 0.2) is 0 Å². The van der Waals surface area contributed by atoms with Gasteiger partial charge < -0.3 is 9.38 Å². The fraction of sp³-hybridized carbons (Fsp3) is 0.700. The average Bonchev–Trinajstić information content (AvgIpc) is 2.03. The monoisotopic (exact) mass is 183 g/mol. The molecular formula is C10H19N2O+. The molecule has 0 aromatic rings. The number of piperazine rings is 1. The van der Waals surface area contributed by atoms with Gasteiger partial charge in [0, 0.05) is 5.57 Å². The Bertz CT molecular complexity index is 223. The second-order valence-corrected chi connectivity index (χ2v) is 4.46. The summed E-state index contributed by atoms with van der Waals surface area (Å²) in [5.41, 5.74) is 0.646. The van der Waals surface area contributed by atoms with E-state index in [1.165, 1.54) is 0 Å². The summed E-state index contributed by atoms with van der Waals surface area (Å²) in [5, 5.41) is 0. The van der Waals surface area contributed by atoms with E-state index in [1.54, 1.807) is 6.92 Å². The van der Waals surface area contributed by atoms with Crippen LogP contribution in [0.3, 0.4) is 0 Å². The quantitative estimate of drug-likeness (QED) is 0.428. The molecule has 0 saturated carbocycles. The topological polar surface area (TPSA) is 20.3 Å². The molecule has 0 radical (unpaired) electrons.